The Kier molecular flexibility index (Phi) is 3.92. The second kappa shape index (κ2) is 5.51. The molecule has 0 bridgehead atoms. The number of rotatable bonds is 2. The van der Waals surface area contributed by atoms with Crippen LogP contribution in [0.3, 0.4) is 0 Å². The van der Waals surface area contributed by atoms with Gasteiger partial charge in [0.25, 0.3) is 0 Å². The maximum absolute atomic E-state index is 10.6. The first kappa shape index (κ1) is 13.5. The Balaban J connectivity index is 1.74. The summed E-state index contributed by atoms with van der Waals surface area (Å²) in [5.74, 6) is 0.294. The molecule has 104 valence electrons. The first-order chi connectivity index (χ1) is 9.19. The Morgan fingerprint density at radius 3 is 2.89 bits per heavy atom. The van der Waals surface area contributed by atoms with Gasteiger partial charge in [0.1, 0.15) is 0 Å². The number of hydrogen-bond acceptors (Lipinski definition) is 3. The predicted octanol–water partition coefficient (Wildman–Crippen LogP) is 3.62. The van der Waals surface area contributed by atoms with Gasteiger partial charge in [0, 0.05) is 29.0 Å². The van der Waals surface area contributed by atoms with Crippen molar-refractivity contribution in [2.45, 2.75) is 50.2 Å². The van der Waals surface area contributed by atoms with Crippen LogP contribution in [0.15, 0.2) is 22.9 Å². The van der Waals surface area contributed by atoms with Crippen LogP contribution < -0.4 is 0 Å². The zero-order valence-corrected chi connectivity index (χ0v) is 12.6. The molecule has 0 amide bonds. The van der Waals surface area contributed by atoms with Crippen LogP contribution in [0.2, 0.25) is 0 Å². The van der Waals surface area contributed by atoms with E-state index in [0.29, 0.717) is 5.92 Å². The molecule has 2 unspecified atom stereocenters. The van der Waals surface area contributed by atoms with Crippen molar-refractivity contribution in [1.29, 1.82) is 0 Å². The van der Waals surface area contributed by atoms with Gasteiger partial charge in [-0.2, -0.15) is 0 Å². The molecule has 1 aromatic rings. The molecule has 1 saturated heterocycles. The molecule has 1 saturated carbocycles. The van der Waals surface area contributed by atoms with Gasteiger partial charge in [-0.25, -0.2) is 0 Å². The van der Waals surface area contributed by atoms with Gasteiger partial charge in [-0.1, -0.05) is 12.8 Å². The highest BCUT2D eigenvalue weighted by Crippen LogP contribution is 2.45. The van der Waals surface area contributed by atoms with Crippen LogP contribution in [0.5, 0.6) is 0 Å². The van der Waals surface area contributed by atoms with E-state index in [1.807, 2.05) is 6.07 Å². The maximum atomic E-state index is 10.6. The Morgan fingerprint density at radius 2 is 2.16 bits per heavy atom. The highest BCUT2D eigenvalue weighted by molar-refractivity contribution is 9.10. The Labute approximate surface area is 122 Å². The standard InChI is InChI=1S/C15H20BrNO2/c16-13-7-12(9-17-10-13)14(18)11-3-6-19-15(8-11)4-1-2-5-15/h7,9-11,14,18H,1-6,8H2. The topological polar surface area (TPSA) is 42.4 Å². The monoisotopic (exact) mass is 325 g/mol. The summed E-state index contributed by atoms with van der Waals surface area (Å²) in [5.41, 5.74) is 0.970. The minimum absolute atomic E-state index is 0.0589. The van der Waals surface area contributed by atoms with E-state index in [4.69, 9.17) is 4.74 Å². The number of ether oxygens (including phenoxy) is 1. The van der Waals surface area contributed by atoms with Crippen LogP contribution in [0.4, 0.5) is 0 Å². The lowest BCUT2D eigenvalue weighted by molar-refractivity contribution is -0.113. The van der Waals surface area contributed by atoms with Crippen molar-refractivity contribution in [3.63, 3.8) is 0 Å². The van der Waals surface area contributed by atoms with E-state index < -0.39 is 6.10 Å². The molecular weight excluding hydrogens is 306 g/mol. The molecular formula is C15H20BrNO2. The van der Waals surface area contributed by atoms with Crippen LogP contribution in [-0.2, 0) is 4.74 Å². The zero-order valence-electron chi connectivity index (χ0n) is 11.0. The fourth-order valence-corrected chi connectivity index (χ4v) is 3.95. The van der Waals surface area contributed by atoms with Crippen LogP contribution in [0.25, 0.3) is 0 Å². The Hall–Kier alpha value is -0.450. The fraction of sp³-hybridized carbons (Fsp3) is 0.667. The molecule has 2 atom stereocenters. The minimum atomic E-state index is -0.425. The Morgan fingerprint density at radius 1 is 1.37 bits per heavy atom. The molecule has 2 fully saturated rings. The van der Waals surface area contributed by atoms with E-state index in [9.17, 15) is 5.11 Å². The number of nitrogens with zero attached hydrogens (tertiary/aromatic N) is 1. The second-order valence-electron chi connectivity index (χ2n) is 5.87. The third-order valence-corrected chi connectivity index (χ3v) is 4.99. The van der Waals surface area contributed by atoms with Crippen molar-refractivity contribution < 1.29 is 9.84 Å². The van der Waals surface area contributed by atoms with E-state index in [1.165, 1.54) is 12.8 Å². The summed E-state index contributed by atoms with van der Waals surface area (Å²) >= 11 is 3.42. The van der Waals surface area contributed by atoms with Gasteiger partial charge >= 0.3 is 0 Å². The fourth-order valence-electron chi connectivity index (χ4n) is 3.57. The highest BCUT2D eigenvalue weighted by atomic mass is 79.9. The first-order valence-corrected chi connectivity index (χ1v) is 7.90. The lowest BCUT2D eigenvalue weighted by atomic mass is 9.80. The normalized spacial score (nSPS) is 27.6. The van der Waals surface area contributed by atoms with Crippen LogP contribution in [0, 0.1) is 5.92 Å². The zero-order chi connectivity index (χ0) is 13.3. The number of pyridine rings is 1. The van der Waals surface area contributed by atoms with Crippen molar-refractivity contribution in [1.82, 2.24) is 4.98 Å². The predicted molar refractivity (Wildman–Crippen MR) is 76.8 cm³/mol. The molecule has 2 heterocycles. The molecule has 3 rings (SSSR count). The van der Waals surface area contributed by atoms with Crippen molar-refractivity contribution >= 4 is 15.9 Å². The van der Waals surface area contributed by atoms with Crippen LogP contribution in [0.1, 0.15) is 50.2 Å². The summed E-state index contributed by atoms with van der Waals surface area (Å²) < 4.78 is 6.95. The summed E-state index contributed by atoms with van der Waals surface area (Å²) in [6, 6.07) is 1.97. The van der Waals surface area contributed by atoms with Gasteiger partial charge in [0.15, 0.2) is 0 Å². The summed E-state index contributed by atoms with van der Waals surface area (Å²) in [5, 5.41) is 10.6. The molecule has 0 aromatic carbocycles. The number of halogens is 1. The van der Waals surface area contributed by atoms with Gasteiger partial charge in [0.05, 0.1) is 11.7 Å². The third kappa shape index (κ3) is 2.86. The summed E-state index contributed by atoms with van der Waals surface area (Å²) in [7, 11) is 0. The number of aromatic nitrogens is 1. The first-order valence-electron chi connectivity index (χ1n) is 7.11. The molecule has 3 nitrogen and oxygen atoms in total. The van der Waals surface area contributed by atoms with E-state index in [-0.39, 0.29) is 5.60 Å². The molecule has 1 aliphatic heterocycles. The van der Waals surface area contributed by atoms with E-state index in [2.05, 4.69) is 20.9 Å². The van der Waals surface area contributed by atoms with Gasteiger partial charge in [-0.05, 0) is 53.6 Å². The maximum Gasteiger partial charge on any atom is 0.0835 e. The largest absolute Gasteiger partial charge is 0.388 e. The average Bonchev–Trinajstić information content (AvgIpc) is 2.86. The van der Waals surface area contributed by atoms with Crippen molar-refractivity contribution in [3.05, 3.63) is 28.5 Å². The lowest BCUT2D eigenvalue weighted by Crippen LogP contribution is -2.39. The molecule has 19 heavy (non-hydrogen) atoms. The lowest BCUT2D eigenvalue weighted by Gasteiger charge is -2.40. The van der Waals surface area contributed by atoms with Crippen LogP contribution >= 0.6 is 15.9 Å². The van der Waals surface area contributed by atoms with E-state index in [1.54, 1.807) is 12.4 Å². The van der Waals surface area contributed by atoms with Gasteiger partial charge in [-0.15, -0.1) is 0 Å². The molecule has 1 N–H and O–H groups in total. The molecule has 2 aliphatic rings. The summed E-state index contributed by atoms with van der Waals surface area (Å²) in [4.78, 5) is 4.15. The van der Waals surface area contributed by atoms with E-state index >= 15 is 0 Å². The smallest absolute Gasteiger partial charge is 0.0835 e. The molecule has 1 spiro atoms. The van der Waals surface area contributed by atoms with Crippen LogP contribution in [-0.4, -0.2) is 22.3 Å². The quantitative estimate of drug-likeness (QED) is 0.903. The van der Waals surface area contributed by atoms with Gasteiger partial charge in [-0.3, -0.25) is 4.98 Å². The molecule has 1 aliphatic carbocycles. The minimum Gasteiger partial charge on any atom is -0.388 e. The van der Waals surface area contributed by atoms with Gasteiger partial charge < -0.3 is 9.84 Å². The Bertz CT molecular complexity index is 446. The number of aliphatic hydroxyl groups excluding tert-OH is 1. The molecule has 1 aromatic heterocycles. The van der Waals surface area contributed by atoms with Gasteiger partial charge in [0.2, 0.25) is 0 Å². The third-order valence-electron chi connectivity index (χ3n) is 4.56. The SMILES string of the molecule is OC(c1cncc(Br)c1)C1CCOC2(CCCC2)C1. The molecule has 4 heteroatoms. The summed E-state index contributed by atoms with van der Waals surface area (Å²) in [6.07, 6.45) is 9.87. The van der Waals surface area contributed by atoms with Crippen molar-refractivity contribution in [3.8, 4) is 0 Å². The molecule has 0 radical (unpaired) electrons. The van der Waals surface area contributed by atoms with E-state index in [0.717, 1.165) is 42.3 Å². The van der Waals surface area contributed by atoms with Crippen molar-refractivity contribution in [2.24, 2.45) is 5.92 Å². The number of aliphatic hydroxyl groups is 1. The average molecular weight is 326 g/mol. The second-order valence-corrected chi connectivity index (χ2v) is 6.79. The van der Waals surface area contributed by atoms with Crippen molar-refractivity contribution in [2.75, 3.05) is 6.61 Å². The number of hydrogen-bond donors (Lipinski definition) is 1. The highest BCUT2D eigenvalue weighted by Gasteiger charge is 2.41. The summed E-state index contributed by atoms with van der Waals surface area (Å²) in [6.45, 7) is 0.781.